The molecule has 19 heavy (non-hydrogen) atoms. The van der Waals surface area contributed by atoms with Gasteiger partial charge < -0.3 is 4.57 Å². The van der Waals surface area contributed by atoms with Gasteiger partial charge >= 0.3 is 0 Å². The number of rotatable bonds is 3. The van der Waals surface area contributed by atoms with Crippen molar-refractivity contribution in [2.75, 3.05) is 0 Å². The number of fused-ring (bicyclic) bond motifs is 1. The van der Waals surface area contributed by atoms with Crippen LogP contribution in [0.3, 0.4) is 0 Å². The summed E-state index contributed by atoms with van der Waals surface area (Å²) in [5.74, 6) is 0.563. The van der Waals surface area contributed by atoms with E-state index in [9.17, 15) is 0 Å². The average Bonchev–Trinajstić information content (AvgIpc) is 2.86. The van der Waals surface area contributed by atoms with Crippen LogP contribution in [0.2, 0.25) is 0 Å². The first-order chi connectivity index (χ1) is 9.31. The molecule has 1 nitrogen and oxygen atoms in total. The third kappa shape index (κ3) is 2.06. The van der Waals surface area contributed by atoms with Crippen molar-refractivity contribution < 1.29 is 0 Å². The van der Waals surface area contributed by atoms with Gasteiger partial charge in [-0.05, 0) is 36.6 Å². The first kappa shape index (κ1) is 12.0. The second-order valence-corrected chi connectivity index (χ2v) is 5.11. The van der Waals surface area contributed by atoms with Crippen molar-refractivity contribution in [2.45, 2.75) is 26.2 Å². The minimum absolute atomic E-state index is 0.563. The zero-order valence-electron chi connectivity index (χ0n) is 11.5. The van der Waals surface area contributed by atoms with Gasteiger partial charge in [0.05, 0.1) is 5.52 Å². The molecule has 1 heteroatoms. The van der Waals surface area contributed by atoms with Gasteiger partial charge in [0.2, 0.25) is 0 Å². The van der Waals surface area contributed by atoms with Crippen molar-refractivity contribution in [3.8, 4) is 5.69 Å². The van der Waals surface area contributed by atoms with Gasteiger partial charge in [0.1, 0.15) is 0 Å². The van der Waals surface area contributed by atoms with Crippen LogP contribution in [0.4, 0.5) is 0 Å². The summed E-state index contributed by atoms with van der Waals surface area (Å²) >= 11 is 0. The van der Waals surface area contributed by atoms with E-state index in [0.717, 1.165) is 6.42 Å². The van der Waals surface area contributed by atoms with Crippen LogP contribution in [-0.2, 0) is 0 Å². The molecule has 0 saturated carbocycles. The van der Waals surface area contributed by atoms with Gasteiger partial charge in [-0.25, -0.2) is 0 Å². The van der Waals surface area contributed by atoms with Crippen molar-refractivity contribution in [3.05, 3.63) is 66.4 Å². The second-order valence-electron chi connectivity index (χ2n) is 5.11. The maximum Gasteiger partial charge on any atom is 0.0531 e. The van der Waals surface area contributed by atoms with Crippen molar-refractivity contribution in [1.29, 1.82) is 0 Å². The molecule has 0 spiro atoms. The standard InChI is InChI=1S/C18H19N/c1-3-14(2)18-13-15-9-7-8-12-17(15)19(18)16-10-5-4-6-11-16/h4-14H,3H2,1-2H3. The van der Waals surface area contributed by atoms with Crippen LogP contribution in [0.1, 0.15) is 31.9 Å². The quantitative estimate of drug-likeness (QED) is 0.605. The first-order valence-electron chi connectivity index (χ1n) is 6.97. The molecule has 0 bridgehead atoms. The van der Waals surface area contributed by atoms with Crippen LogP contribution >= 0.6 is 0 Å². The Morgan fingerprint density at radius 3 is 2.37 bits per heavy atom. The molecule has 3 rings (SSSR count). The van der Waals surface area contributed by atoms with Crippen molar-refractivity contribution in [1.82, 2.24) is 4.57 Å². The minimum atomic E-state index is 0.563. The van der Waals surface area contributed by atoms with E-state index in [4.69, 9.17) is 0 Å². The highest BCUT2D eigenvalue weighted by atomic mass is 15.0. The Morgan fingerprint density at radius 2 is 1.63 bits per heavy atom. The van der Waals surface area contributed by atoms with Crippen LogP contribution in [0.25, 0.3) is 16.6 Å². The Bertz CT molecular complexity index is 679. The molecule has 0 saturated heterocycles. The lowest BCUT2D eigenvalue weighted by molar-refractivity contribution is 0.694. The number of benzene rings is 2. The van der Waals surface area contributed by atoms with Crippen LogP contribution in [0, 0.1) is 0 Å². The molecule has 0 fully saturated rings. The van der Waals surface area contributed by atoms with E-state index in [1.165, 1.54) is 22.3 Å². The monoisotopic (exact) mass is 249 g/mol. The number of hydrogen-bond donors (Lipinski definition) is 0. The topological polar surface area (TPSA) is 4.93 Å². The van der Waals surface area contributed by atoms with Crippen LogP contribution < -0.4 is 0 Å². The fraction of sp³-hybridized carbons (Fsp3) is 0.222. The van der Waals surface area contributed by atoms with E-state index >= 15 is 0 Å². The molecule has 96 valence electrons. The number of nitrogens with zero attached hydrogens (tertiary/aromatic N) is 1. The van der Waals surface area contributed by atoms with E-state index in [2.05, 4.69) is 79.1 Å². The number of para-hydroxylation sites is 2. The highest BCUT2D eigenvalue weighted by Crippen LogP contribution is 2.30. The summed E-state index contributed by atoms with van der Waals surface area (Å²) in [6.45, 7) is 4.55. The lowest BCUT2D eigenvalue weighted by Crippen LogP contribution is -2.02. The van der Waals surface area contributed by atoms with E-state index in [1.54, 1.807) is 0 Å². The minimum Gasteiger partial charge on any atom is -0.313 e. The molecular weight excluding hydrogens is 230 g/mol. The average molecular weight is 249 g/mol. The van der Waals surface area contributed by atoms with Crippen molar-refractivity contribution in [2.24, 2.45) is 0 Å². The van der Waals surface area contributed by atoms with Crippen LogP contribution in [0.15, 0.2) is 60.7 Å². The summed E-state index contributed by atoms with van der Waals surface area (Å²) in [5, 5.41) is 1.32. The molecule has 0 amide bonds. The summed E-state index contributed by atoms with van der Waals surface area (Å²) in [6, 6.07) is 21.6. The second kappa shape index (κ2) is 4.93. The molecule has 2 aromatic carbocycles. The van der Waals surface area contributed by atoms with E-state index in [-0.39, 0.29) is 0 Å². The molecular formula is C18H19N. The fourth-order valence-electron chi connectivity index (χ4n) is 2.61. The van der Waals surface area contributed by atoms with Crippen LogP contribution in [0.5, 0.6) is 0 Å². The summed E-state index contributed by atoms with van der Waals surface area (Å²) in [7, 11) is 0. The molecule has 1 unspecified atom stereocenters. The maximum atomic E-state index is 2.39. The third-order valence-electron chi connectivity index (χ3n) is 3.87. The largest absolute Gasteiger partial charge is 0.313 e. The maximum absolute atomic E-state index is 2.39. The highest BCUT2D eigenvalue weighted by molar-refractivity contribution is 5.83. The lowest BCUT2D eigenvalue weighted by atomic mass is 10.0. The molecule has 3 aromatic rings. The number of aromatic nitrogens is 1. The first-order valence-corrected chi connectivity index (χ1v) is 6.97. The summed E-state index contributed by atoms with van der Waals surface area (Å²) in [6.07, 6.45) is 1.16. The van der Waals surface area contributed by atoms with Gasteiger partial charge in [-0.1, -0.05) is 50.2 Å². The molecule has 1 heterocycles. The Morgan fingerprint density at radius 1 is 0.947 bits per heavy atom. The van der Waals surface area contributed by atoms with E-state index < -0.39 is 0 Å². The van der Waals surface area contributed by atoms with Gasteiger partial charge in [0, 0.05) is 16.8 Å². The predicted molar refractivity (Wildman–Crippen MR) is 82.0 cm³/mol. The van der Waals surface area contributed by atoms with Crippen molar-refractivity contribution >= 4 is 10.9 Å². The molecule has 0 aliphatic carbocycles. The van der Waals surface area contributed by atoms with Gasteiger partial charge in [-0.3, -0.25) is 0 Å². The fourth-order valence-corrected chi connectivity index (χ4v) is 2.61. The van der Waals surface area contributed by atoms with Gasteiger partial charge in [0.25, 0.3) is 0 Å². The Balaban J connectivity index is 2.31. The summed E-state index contributed by atoms with van der Waals surface area (Å²) in [4.78, 5) is 0. The Labute approximate surface area is 114 Å². The Hall–Kier alpha value is -2.02. The van der Waals surface area contributed by atoms with E-state index in [1.807, 2.05) is 0 Å². The SMILES string of the molecule is CCC(C)c1cc2ccccc2n1-c1ccccc1. The van der Waals surface area contributed by atoms with Gasteiger partial charge in [0.15, 0.2) is 0 Å². The van der Waals surface area contributed by atoms with Gasteiger partial charge in [-0.2, -0.15) is 0 Å². The zero-order chi connectivity index (χ0) is 13.2. The molecule has 0 N–H and O–H groups in total. The summed E-state index contributed by atoms with van der Waals surface area (Å²) < 4.78 is 2.39. The smallest absolute Gasteiger partial charge is 0.0531 e. The molecule has 1 aromatic heterocycles. The molecule has 0 radical (unpaired) electrons. The molecule has 0 aliphatic heterocycles. The zero-order valence-corrected chi connectivity index (χ0v) is 11.5. The van der Waals surface area contributed by atoms with Gasteiger partial charge in [-0.15, -0.1) is 0 Å². The third-order valence-corrected chi connectivity index (χ3v) is 3.87. The van der Waals surface area contributed by atoms with Crippen molar-refractivity contribution in [3.63, 3.8) is 0 Å². The molecule has 1 atom stereocenters. The molecule has 0 aliphatic rings. The predicted octanol–water partition coefficient (Wildman–Crippen LogP) is 5.14. The lowest BCUT2D eigenvalue weighted by Gasteiger charge is -2.15. The normalized spacial score (nSPS) is 12.7. The number of hydrogen-bond acceptors (Lipinski definition) is 0. The Kier molecular flexibility index (Phi) is 3.12. The van der Waals surface area contributed by atoms with Crippen LogP contribution in [-0.4, -0.2) is 4.57 Å². The van der Waals surface area contributed by atoms with E-state index in [0.29, 0.717) is 5.92 Å². The summed E-state index contributed by atoms with van der Waals surface area (Å²) in [5.41, 5.74) is 3.94. The highest BCUT2D eigenvalue weighted by Gasteiger charge is 2.14.